The predicted molar refractivity (Wildman–Crippen MR) is 124 cm³/mol. The monoisotopic (exact) mass is 477 g/mol. The van der Waals surface area contributed by atoms with Crippen LogP contribution in [-0.2, 0) is 14.4 Å². The second kappa shape index (κ2) is 8.89. The number of fused-ring (bicyclic) bond motifs is 1. The number of β-lactam (4-membered cyclic amide) rings is 1. The average molecular weight is 478 g/mol. The lowest BCUT2D eigenvalue weighted by molar-refractivity contribution is -0.163. The summed E-state index contributed by atoms with van der Waals surface area (Å²) >= 11 is 1.61. The maximum absolute atomic E-state index is 12.5. The maximum Gasteiger partial charge on any atom is 0.353 e. The van der Waals surface area contributed by atoms with E-state index < -0.39 is 18.0 Å². The number of carbonyl (C=O) groups is 3. The van der Waals surface area contributed by atoms with E-state index in [1.54, 1.807) is 18.7 Å². The highest BCUT2D eigenvalue weighted by Crippen LogP contribution is 2.53. The minimum atomic E-state index is -1.06. The Morgan fingerprint density at radius 2 is 1.97 bits per heavy atom. The minimum absolute atomic E-state index is 0.0808. The fraction of sp³-hybridized carbons (Fsp3) is 0.792. The number of hydrogen-bond acceptors (Lipinski definition) is 6. The van der Waals surface area contributed by atoms with Gasteiger partial charge in [-0.2, -0.15) is 0 Å². The number of carboxylic acid groups (broad SMARTS) is 1. The Bertz CT molecular complexity index is 870. The van der Waals surface area contributed by atoms with Crippen LogP contribution in [0, 0.1) is 23.7 Å². The predicted octanol–water partition coefficient (Wildman–Crippen LogP) is 1.64. The first-order valence-electron chi connectivity index (χ1n) is 12.4. The molecule has 0 aromatic carbocycles. The molecule has 8 nitrogen and oxygen atoms in total. The van der Waals surface area contributed by atoms with Crippen molar-refractivity contribution in [1.82, 2.24) is 15.1 Å². The summed E-state index contributed by atoms with van der Waals surface area (Å²) in [6.45, 7) is 6.25. The van der Waals surface area contributed by atoms with Crippen molar-refractivity contribution in [3.8, 4) is 0 Å². The number of likely N-dealkylation sites (tertiary alicyclic amines) is 1. The normalized spacial score (nSPS) is 38.5. The quantitative estimate of drug-likeness (QED) is 0.456. The number of carbonyl (C=O) groups excluding carboxylic acids is 2. The SMILES string of the molecule is C[C@@H](O)[C@H]1C(=O)N2C(C(=O)O)=C(S[C@@H]3CN[C@H](C4CC4CCC(=O)N4CCCC4)C3)[C@H](C)[C@H]12. The molecule has 0 aromatic heterocycles. The molecular formula is C24H35N3O5S. The molecule has 33 heavy (non-hydrogen) atoms. The van der Waals surface area contributed by atoms with Gasteiger partial charge in [0.25, 0.3) is 0 Å². The molecule has 5 aliphatic rings. The van der Waals surface area contributed by atoms with Gasteiger partial charge in [-0.1, -0.05) is 6.92 Å². The van der Waals surface area contributed by atoms with Gasteiger partial charge >= 0.3 is 5.97 Å². The van der Waals surface area contributed by atoms with Gasteiger partial charge in [-0.25, -0.2) is 4.79 Å². The Balaban J connectivity index is 1.15. The number of aliphatic carboxylic acids is 1. The van der Waals surface area contributed by atoms with Crippen molar-refractivity contribution in [1.29, 1.82) is 0 Å². The third-order valence-electron chi connectivity index (χ3n) is 8.41. The van der Waals surface area contributed by atoms with E-state index >= 15 is 0 Å². The lowest BCUT2D eigenvalue weighted by atomic mass is 9.79. The Morgan fingerprint density at radius 1 is 1.24 bits per heavy atom. The number of amides is 2. The molecule has 2 amide bonds. The zero-order valence-electron chi connectivity index (χ0n) is 19.4. The number of hydrogen-bond donors (Lipinski definition) is 3. The van der Waals surface area contributed by atoms with Crippen LogP contribution in [0.15, 0.2) is 10.6 Å². The van der Waals surface area contributed by atoms with E-state index in [0.29, 0.717) is 30.2 Å². The molecule has 9 heteroatoms. The zero-order valence-corrected chi connectivity index (χ0v) is 20.2. The highest BCUT2D eigenvalue weighted by atomic mass is 32.2. The van der Waals surface area contributed by atoms with E-state index in [4.69, 9.17) is 0 Å². The van der Waals surface area contributed by atoms with Crippen molar-refractivity contribution in [2.75, 3.05) is 19.6 Å². The molecule has 3 N–H and O–H groups in total. The Morgan fingerprint density at radius 3 is 2.64 bits per heavy atom. The molecule has 0 aromatic rings. The Kier molecular flexibility index (Phi) is 6.24. The number of carboxylic acids is 1. The fourth-order valence-electron chi connectivity index (χ4n) is 6.54. The summed E-state index contributed by atoms with van der Waals surface area (Å²) < 4.78 is 0. The molecule has 0 bridgehead atoms. The molecule has 3 saturated heterocycles. The maximum atomic E-state index is 12.5. The standard InChI is InChI=1S/C24H35N3O5S/c1-12-20-19(13(2)28)23(30)27(20)21(24(31)32)22(12)33-15-10-17(25-11-15)16-9-14(16)5-6-18(29)26-7-3-4-8-26/h12-17,19-20,25,28H,3-11H2,1-2H3,(H,31,32)/t12-,13-,14?,15+,16?,17+,19-,20-/m1/s1. The first-order chi connectivity index (χ1) is 15.8. The number of nitrogens with one attached hydrogen (secondary N) is 1. The van der Waals surface area contributed by atoms with Gasteiger partial charge in [0.15, 0.2) is 0 Å². The third-order valence-corrected chi connectivity index (χ3v) is 9.92. The first-order valence-corrected chi connectivity index (χ1v) is 13.3. The van der Waals surface area contributed by atoms with E-state index in [0.717, 1.165) is 50.2 Å². The van der Waals surface area contributed by atoms with E-state index in [-0.39, 0.29) is 28.8 Å². The number of rotatable bonds is 8. The van der Waals surface area contributed by atoms with Crippen molar-refractivity contribution in [2.24, 2.45) is 23.7 Å². The van der Waals surface area contributed by atoms with Gasteiger partial charge in [-0.15, -0.1) is 11.8 Å². The topological polar surface area (TPSA) is 110 Å². The molecular weight excluding hydrogens is 442 g/mol. The van der Waals surface area contributed by atoms with Crippen LogP contribution in [0.1, 0.15) is 52.4 Å². The van der Waals surface area contributed by atoms with Crippen molar-refractivity contribution >= 4 is 29.5 Å². The fourth-order valence-corrected chi connectivity index (χ4v) is 8.03. The van der Waals surface area contributed by atoms with Gasteiger partial charge in [0.2, 0.25) is 11.8 Å². The van der Waals surface area contributed by atoms with Crippen LogP contribution >= 0.6 is 11.8 Å². The Hall–Kier alpha value is -1.58. The van der Waals surface area contributed by atoms with E-state index in [9.17, 15) is 24.6 Å². The molecule has 0 spiro atoms. The van der Waals surface area contributed by atoms with Crippen LogP contribution in [-0.4, -0.2) is 80.9 Å². The van der Waals surface area contributed by atoms with Crippen LogP contribution < -0.4 is 5.32 Å². The lowest BCUT2D eigenvalue weighted by Gasteiger charge is -2.46. The second-order valence-electron chi connectivity index (χ2n) is 10.5. The molecule has 182 valence electrons. The molecule has 1 aliphatic carbocycles. The lowest BCUT2D eigenvalue weighted by Crippen LogP contribution is -2.63. The average Bonchev–Trinajstić information content (AvgIpc) is 3.12. The second-order valence-corrected chi connectivity index (χ2v) is 11.9. The largest absolute Gasteiger partial charge is 0.477 e. The molecule has 5 rings (SSSR count). The van der Waals surface area contributed by atoms with Gasteiger partial charge < -0.3 is 25.3 Å². The number of thioether (sulfide) groups is 1. The van der Waals surface area contributed by atoms with Gasteiger partial charge in [0.1, 0.15) is 5.70 Å². The van der Waals surface area contributed by atoms with Crippen LogP contribution in [0.4, 0.5) is 0 Å². The smallest absolute Gasteiger partial charge is 0.353 e. The van der Waals surface area contributed by atoms with E-state index in [1.807, 2.05) is 11.8 Å². The molecule has 0 radical (unpaired) electrons. The summed E-state index contributed by atoms with van der Waals surface area (Å²) in [6, 6.07) is 0.168. The van der Waals surface area contributed by atoms with Crippen LogP contribution in [0.2, 0.25) is 0 Å². The molecule has 4 heterocycles. The van der Waals surface area contributed by atoms with Gasteiger partial charge in [-0.3, -0.25) is 9.59 Å². The van der Waals surface area contributed by atoms with Crippen LogP contribution in [0.3, 0.4) is 0 Å². The number of aliphatic hydroxyl groups is 1. The summed E-state index contributed by atoms with van der Waals surface area (Å²) in [5.74, 6) is -0.400. The molecule has 2 unspecified atom stereocenters. The summed E-state index contributed by atoms with van der Waals surface area (Å²) in [6.07, 6.45) is 5.27. The van der Waals surface area contributed by atoms with Crippen molar-refractivity contribution in [3.05, 3.63) is 10.6 Å². The summed E-state index contributed by atoms with van der Waals surface area (Å²) in [7, 11) is 0. The third kappa shape index (κ3) is 4.10. The summed E-state index contributed by atoms with van der Waals surface area (Å²) in [5, 5.41) is 23.8. The number of aliphatic hydroxyl groups excluding tert-OH is 1. The van der Waals surface area contributed by atoms with Gasteiger partial charge in [-0.05, 0) is 50.9 Å². The summed E-state index contributed by atoms with van der Waals surface area (Å²) in [4.78, 5) is 41.1. The van der Waals surface area contributed by atoms with Crippen molar-refractivity contribution < 1.29 is 24.6 Å². The minimum Gasteiger partial charge on any atom is -0.477 e. The first kappa shape index (κ1) is 23.2. The Labute approximate surface area is 199 Å². The van der Waals surface area contributed by atoms with Crippen LogP contribution in [0.25, 0.3) is 0 Å². The zero-order chi connectivity index (χ0) is 23.4. The van der Waals surface area contributed by atoms with E-state index in [1.165, 1.54) is 11.3 Å². The van der Waals surface area contributed by atoms with Crippen molar-refractivity contribution in [3.63, 3.8) is 0 Å². The van der Waals surface area contributed by atoms with Gasteiger partial charge in [0.05, 0.1) is 18.1 Å². The molecule has 1 saturated carbocycles. The molecule has 8 atom stereocenters. The van der Waals surface area contributed by atoms with Gasteiger partial charge in [0, 0.05) is 48.2 Å². The summed E-state index contributed by atoms with van der Waals surface area (Å²) in [5.41, 5.74) is 0.118. The van der Waals surface area contributed by atoms with Crippen molar-refractivity contribution in [2.45, 2.75) is 75.8 Å². The number of nitrogens with zero attached hydrogens (tertiary/aromatic N) is 2. The van der Waals surface area contributed by atoms with E-state index in [2.05, 4.69) is 5.32 Å². The highest BCUT2D eigenvalue weighted by Gasteiger charge is 2.60. The molecule has 4 aliphatic heterocycles. The highest BCUT2D eigenvalue weighted by molar-refractivity contribution is 8.03. The van der Waals surface area contributed by atoms with Crippen LogP contribution in [0.5, 0.6) is 0 Å². The molecule has 4 fully saturated rings.